The monoisotopic (exact) mass is 319 g/mol. The van der Waals surface area contributed by atoms with Gasteiger partial charge in [0.15, 0.2) is 0 Å². The fourth-order valence-corrected chi connectivity index (χ4v) is 2.44. The van der Waals surface area contributed by atoms with Crippen molar-refractivity contribution in [2.75, 3.05) is 6.54 Å². The maximum Gasteiger partial charge on any atom is 0.410 e. The van der Waals surface area contributed by atoms with E-state index in [0.717, 1.165) is 5.56 Å². The van der Waals surface area contributed by atoms with E-state index >= 15 is 0 Å². The zero-order chi connectivity index (χ0) is 16.8. The number of carbonyl (C=O) groups excluding carboxylic acids is 3. The number of hydrogen-bond donors (Lipinski definition) is 2. The fourth-order valence-electron chi connectivity index (χ4n) is 2.44. The highest BCUT2D eigenvalue weighted by Gasteiger charge is 2.35. The quantitative estimate of drug-likeness (QED) is 0.837. The molecule has 0 spiro atoms. The van der Waals surface area contributed by atoms with Gasteiger partial charge in [-0.15, -0.1) is 0 Å². The van der Waals surface area contributed by atoms with Crippen molar-refractivity contribution in [3.05, 3.63) is 35.9 Å². The molecule has 23 heavy (non-hydrogen) atoms. The molecule has 2 atom stereocenters. The minimum Gasteiger partial charge on any atom is -0.445 e. The van der Waals surface area contributed by atoms with Crippen LogP contribution in [0.3, 0.4) is 0 Å². The Hall–Kier alpha value is -2.57. The lowest BCUT2D eigenvalue weighted by Crippen LogP contribution is -2.51. The van der Waals surface area contributed by atoms with Gasteiger partial charge in [0.2, 0.25) is 11.8 Å². The Balaban J connectivity index is 1.91. The molecule has 0 radical (unpaired) electrons. The molecule has 7 nitrogen and oxygen atoms in total. The van der Waals surface area contributed by atoms with Crippen LogP contribution in [0.1, 0.15) is 25.3 Å². The molecule has 124 valence electrons. The molecular formula is C16H21N3O4. The van der Waals surface area contributed by atoms with Crippen molar-refractivity contribution in [1.82, 2.24) is 10.2 Å². The molecule has 0 bridgehead atoms. The maximum atomic E-state index is 12.2. The van der Waals surface area contributed by atoms with Crippen LogP contribution in [0.15, 0.2) is 30.3 Å². The number of ether oxygens (including phenoxy) is 1. The summed E-state index contributed by atoms with van der Waals surface area (Å²) in [5, 5.41) is 2.52. The van der Waals surface area contributed by atoms with E-state index in [2.05, 4.69) is 5.32 Å². The molecule has 3 N–H and O–H groups in total. The van der Waals surface area contributed by atoms with Crippen LogP contribution in [0.4, 0.5) is 4.79 Å². The normalized spacial score (nSPS) is 18.3. The zero-order valence-corrected chi connectivity index (χ0v) is 13.0. The predicted molar refractivity (Wildman–Crippen MR) is 83.2 cm³/mol. The van der Waals surface area contributed by atoms with Crippen LogP contribution < -0.4 is 11.1 Å². The average Bonchev–Trinajstić information content (AvgIpc) is 3.03. The fraction of sp³-hybridized carbons (Fsp3) is 0.438. The van der Waals surface area contributed by atoms with Crippen molar-refractivity contribution in [3.8, 4) is 0 Å². The molecular weight excluding hydrogens is 298 g/mol. The summed E-state index contributed by atoms with van der Waals surface area (Å²) >= 11 is 0. The molecule has 1 saturated heterocycles. The van der Waals surface area contributed by atoms with Crippen LogP contribution in [0, 0.1) is 0 Å². The van der Waals surface area contributed by atoms with E-state index in [-0.39, 0.29) is 12.5 Å². The number of rotatable bonds is 5. The van der Waals surface area contributed by atoms with Gasteiger partial charge in [0.25, 0.3) is 0 Å². The molecule has 0 aromatic heterocycles. The second kappa shape index (κ2) is 7.62. The molecule has 0 aliphatic carbocycles. The molecule has 1 aliphatic heterocycles. The summed E-state index contributed by atoms with van der Waals surface area (Å²) in [7, 11) is 0. The Morgan fingerprint density at radius 2 is 2.04 bits per heavy atom. The smallest absolute Gasteiger partial charge is 0.410 e. The lowest BCUT2D eigenvalue weighted by Gasteiger charge is -2.24. The van der Waals surface area contributed by atoms with Crippen molar-refractivity contribution >= 4 is 17.9 Å². The summed E-state index contributed by atoms with van der Waals surface area (Å²) in [5.74, 6) is -1.000. The van der Waals surface area contributed by atoms with Crippen molar-refractivity contribution in [2.45, 2.75) is 38.5 Å². The Labute approximate surface area is 134 Å². The number of nitrogens with zero attached hydrogens (tertiary/aromatic N) is 1. The number of nitrogens with one attached hydrogen (secondary N) is 1. The van der Waals surface area contributed by atoms with E-state index in [0.29, 0.717) is 19.4 Å². The van der Waals surface area contributed by atoms with Gasteiger partial charge in [-0.25, -0.2) is 4.79 Å². The van der Waals surface area contributed by atoms with Gasteiger partial charge in [-0.05, 0) is 25.3 Å². The third-order valence-corrected chi connectivity index (χ3v) is 3.78. The highest BCUT2D eigenvalue weighted by atomic mass is 16.6. The van der Waals surface area contributed by atoms with Gasteiger partial charge < -0.3 is 15.8 Å². The van der Waals surface area contributed by atoms with Crippen LogP contribution in [-0.2, 0) is 20.9 Å². The SMILES string of the molecule is C[C@@H](NC(=O)[C@H]1CCCN1C(=O)OCc1ccccc1)C(N)=O. The largest absolute Gasteiger partial charge is 0.445 e. The summed E-state index contributed by atoms with van der Waals surface area (Å²) < 4.78 is 5.26. The van der Waals surface area contributed by atoms with Gasteiger partial charge >= 0.3 is 6.09 Å². The third-order valence-electron chi connectivity index (χ3n) is 3.78. The second-order valence-corrected chi connectivity index (χ2v) is 5.52. The first kappa shape index (κ1) is 16.8. The Morgan fingerprint density at radius 3 is 2.70 bits per heavy atom. The number of primary amides is 1. The minimum absolute atomic E-state index is 0.155. The summed E-state index contributed by atoms with van der Waals surface area (Å²) in [4.78, 5) is 36.8. The Kier molecular flexibility index (Phi) is 5.56. The van der Waals surface area contributed by atoms with E-state index in [1.54, 1.807) is 0 Å². The summed E-state index contributed by atoms with van der Waals surface area (Å²) in [6.45, 7) is 2.12. The van der Waals surface area contributed by atoms with Crippen molar-refractivity contribution in [2.24, 2.45) is 5.73 Å². The third kappa shape index (κ3) is 4.45. The molecule has 7 heteroatoms. The van der Waals surface area contributed by atoms with Crippen LogP contribution in [0.2, 0.25) is 0 Å². The number of amides is 3. The summed E-state index contributed by atoms with van der Waals surface area (Å²) in [6.07, 6.45) is 0.722. The maximum absolute atomic E-state index is 12.2. The molecule has 0 unspecified atom stereocenters. The van der Waals surface area contributed by atoms with E-state index in [9.17, 15) is 14.4 Å². The number of nitrogens with two attached hydrogens (primary N) is 1. The van der Waals surface area contributed by atoms with Gasteiger partial charge in [0, 0.05) is 6.54 Å². The average molecular weight is 319 g/mol. The molecule has 1 aromatic carbocycles. The molecule has 3 amide bonds. The van der Waals surface area contributed by atoms with Gasteiger partial charge in [0.05, 0.1) is 0 Å². The van der Waals surface area contributed by atoms with Gasteiger partial charge in [-0.1, -0.05) is 30.3 Å². The lowest BCUT2D eigenvalue weighted by molar-refractivity contribution is -0.129. The van der Waals surface area contributed by atoms with Crippen LogP contribution >= 0.6 is 0 Å². The second-order valence-electron chi connectivity index (χ2n) is 5.52. The van der Waals surface area contributed by atoms with Crippen molar-refractivity contribution < 1.29 is 19.1 Å². The predicted octanol–water partition coefficient (Wildman–Crippen LogP) is 0.778. The highest BCUT2D eigenvalue weighted by molar-refractivity contribution is 5.90. The summed E-state index contributed by atoms with van der Waals surface area (Å²) in [5.41, 5.74) is 6.01. The standard InChI is InChI=1S/C16H21N3O4/c1-11(14(17)20)18-15(21)13-8-5-9-19(13)16(22)23-10-12-6-3-2-4-7-12/h2-4,6-7,11,13H,5,8-10H2,1H3,(H2,17,20)(H,18,21)/t11-,13-/m1/s1. The van der Waals surface area contributed by atoms with Crippen molar-refractivity contribution in [1.29, 1.82) is 0 Å². The number of hydrogen-bond acceptors (Lipinski definition) is 4. The van der Waals surface area contributed by atoms with E-state index in [4.69, 9.17) is 10.5 Å². The molecule has 1 heterocycles. The van der Waals surface area contributed by atoms with E-state index < -0.39 is 24.1 Å². The van der Waals surface area contributed by atoms with Crippen molar-refractivity contribution in [3.63, 3.8) is 0 Å². The molecule has 1 aliphatic rings. The van der Waals surface area contributed by atoms with Gasteiger partial charge in [-0.2, -0.15) is 0 Å². The zero-order valence-electron chi connectivity index (χ0n) is 13.0. The Morgan fingerprint density at radius 1 is 1.35 bits per heavy atom. The minimum atomic E-state index is -0.773. The molecule has 1 aromatic rings. The number of likely N-dealkylation sites (tertiary alicyclic amines) is 1. The summed E-state index contributed by atoms with van der Waals surface area (Å²) in [6, 6.07) is 7.92. The van der Waals surface area contributed by atoms with Gasteiger partial charge in [0.1, 0.15) is 18.7 Å². The van der Waals surface area contributed by atoms with Crippen LogP contribution in [-0.4, -0.2) is 41.4 Å². The first-order valence-corrected chi connectivity index (χ1v) is 7.56. The molecule has 0 saturated carbocycles. The van der Waals surface area contributed by atoms with Crippen LogP contribution in [0.5, 0.6) is 0 Å². The number of carbonyl (C=O) groups is 3. The topological polar surface area (TPSA) is 102 Å². The number of benzene rings is 1. The first-order chi connectivity index (χ1) is 11.0. The lowest BCUT2D eigenvalue weighted by atomic mass is 10.2. The van der Waals surface area contributed by atoms with E-state index in [1.165, 1.54) is 11.8 Å². The molecule has 1 fully saturated rings. The first-order valence-electron chi connectivity index (χ1n) is 7.56. The van der Waals surface area contributed by atoms with E-state index in [1.807, 2.05) is 30.3 Å². The Bertz CT molecular complexity index is 576. The van der Waals surface area contributed by atoms with Gasteiger partial charge in [-0.3, -0.25) is 14.5 Å². The van der Waals surface area contributed by atoms with Crippen LogP contribution in [0.25, 0.3) is 0 Å². The molecule has 2 rings (SSSR count). The highest BCUT2D eigenvalue weighted by Crippen LogP contribution is 2.19.